The zero-order valence-corrected chi connectivity index (χ0v) is 14.0. The number of amides is 2. The third kappa shape index (κ3) is 4.04. The lowest BCUT2D eigenvalue weighted by Crippen LogP contribution is -2.57. The summed E-state index contributed by atoms with van der Waals surface area (Å²) in [7, 11) is 0. The summed E-state index contributed by atoms with van der Waals surface area (Å²) in [6.07, 6.45) is 4.96. The van der Waals surface area contributed by atoms with Crippen LogP contribution in [0.25, 0.3) is 0 Å². The predicted molar refractivity (Wildman–Crippen MR) is 86.7 cm³/mol. The predicted octanol–water partition coefficient (Wildman–Crippen LogP) is 0.206. The fourth-order valence-corrected chi connectivity index (χ4v) is 3.93. The second kappa shape index (κ2) is 7.18. The van der Waals surface area contributed by atoms with Crippen LogP contribution in [0.4, 0.5) is 0 Å². The van der Waals surface area contributed by atoms with E-state index in [-0.39, 0.29) is 36.3 Å². The van der Waals surface area contributed by atoms with Crippen molar-refractivity contribution in [3.05, 3.63) is 0 Å². The third-order valence-electron chi connectivity index (χ3n) is 5.72. The maximum absolute atomic E-state index is 12.1. The summed E-state index contributed by atoms with van der Waals surface area (Å²) in [4.78, 5) is 27.9. The first-order valence-electron chi connectivity index (χ1n) is 8.99. The van der Waals surface area contributed by atoms with Crippen molar-refractivity contribution < 1.29 is 14.7 Å². The van der Waals surface area contributed by atoms with Gasteiger partial charge in [0.15, 0.2) is 0 Å². The first kappa shape index (κ1) is 16.7. The highest BCUT2D eigenvalue weighted by Crippen LogP contribution is 2.30. The molecule has 0 aromatic carbocycles. The van der Waals surface area contributed by atoms with E-state index in [1.165, 1.54) is 0 Å². The number of aliphatic hydroxyl groups is 1. The molecule has 0 aromatic heterocycles. The highest BCUT2D eigenvalue weighted by Gasteiger charge is 2.37. The molecular formula is C17H29N3O3. The number of hydrogen-bond acceptors (Lipinski definition) is 4. The zero-order chi connectivity index (χ0) is 16.4. The van der Waals surface area contributed by atoms with Gasteiger partial charge < -0.3 is 15.3 Å². The monoisotopic (exact) mass is 323 g/mol. The summed E-state index contributed by atoms with van der Waals surface area (Å²) in [5, 5.41) is 12.8. The van der Waals surface area contributed by atoms with Gasteiger partial charge in [-0.05, 0) is 38.6 Å². The highest BCUT2D eigenvalue weighted by atomic mass is 16.3. The maximum atomic E-state index is 12.1. The van der Waals surface area contributed by atoms with Gasteiger partial charge in [-0.3, -0.25) is 14.5 Å². The number of likely N-dealkylation sites (tertiary alicyclic amines) is 2. The minimum absolute atomic E-state index is 0.0627. The van der Waals surface area contributed by atoms with E-state index in [0.717, 1.165) is 58.3 Å². The lowest BCUT2D eigenvalue weighted by Gasteiger charge is -2.44. The van der Waals surface area contributed by atoms with E-state index >= 15 is 0 Å². The first-order chi connectivity index (χ1) is 11.1. The molecule has 1 saturated carbocycles. The van der Waals surface area contributed by atoms with E-state index in [0.29, 0.717) is 6.04 Å². The molecule has 2 amide bonds. The molecule has 0 bridgehead atoms. The molecule has 3 aliphatic rings. The standard InChI is InChI=1S/C17H29N3O3/c1-12(22)19-8-5-15(6-9-19)20-7-4-14(11-21)16(10-20)18-17(23)13-2-3-13/h13-16,21H,2-11H2,1H3,(H,18,23)/t14-,16-/m1/s1. The molecule has 3 fully saturated rings. The Morgan fingerprint density at radius 2 is 1.78 bits per heavy atom. The van der Waals surface area contributed by atoms with Crippen molar-refractivity contribution in [2.24, 2.45) is 11.8 Å². The van der Waals surface area contributed by atoms with Crippen LogP contribution in [-0.4, -0.2) is 71.6 Å². The Bertz CT molecular complexity index is 444. The molecule has 1 aliphatic carbocycles. The molecule has 6 heteroatoms. The molecule has 2 heterocycles. The van der Waals surface area contributed by atoms with Crippen LogP contribution in [0.2, 0.25) is 0 Å². The van der Waals surface area contributed by atoms with Gasteiger partial charge in [0.25, 0.3) is 0 Å². The molecule has 2 saturated heterocycles. The van der Waals surface area contributed by atoms with Crippen LogP contribution >= 0.6 is 0 Å². The van der Waals surface area contributed by atoms with Crippen molar-refractivity contribution >= 4 is 11.8 Å². The SMILES string of the molecule is CC(=O)N1CCC(N2CC[C@H](CO)[C@H](NC(=O)C3CC3)C2)CC1. The van der Waals surface area contributed by atoms with E-state index in [4.69, 9.17) is 0 Å². The fraction of sp³-hybridized carbons (Fsp3) is 0.882. The maximum Gasteiger partial charge on any atom is 0.223 e. The summed E-state index contributed by atoms with van der Waals surface area (Å²) in [6.45, 7) is 5.25. The van der Waals surface area contributed by atoms with Crippen molar-refractivity contribution in [2.75, 3.05) is 32.8 Å². The van der Waals surface area contributed by atoms with Gasteiger partial charge in [0.1, 0.15) is 0 Å². The Morgan fingerprint density at radius 1 is 1.09 bits per heavy atom. The fourth-order valence-electron chi connectivity index (χ4n) is 3.93. The van der Waals surface area contributed by atoms with Gasteiger partial charge in [0, 0.05) is 57.1 Å². The van der Waals surface area contributed by atoms with Gasteiger partial charge in [-0.1, -0.05) is 0 Å². The molecule has 130 valence electrons. The molecule has 0 spiro atoms. The molecule has 23 heavy (non-hydrogen) atoms. The smallest absolute Gasteiger partial charge is 0.223 e. The molecule has 2 aliphatic heterocycles. The molecule has 0 aromatic rings. The minimum atomic E-state index is 0.0627. The molecular weight excluding hydrogens is 294 g/mol. The molecule has 0 unspecified atom stereocenters. The molecule has 2 atom stereocenters. The molecule has 2 N–H and O–H groups in total. The van der Waals surface area contributed by atoms with Gasteiger partial charge in [-0.2, -0.15) is 0 Å². The van der Waals surface area contributed by atoms with Crippen molar-refractivity contribution in [1.82, 2.24) is 15.1 Å². The number of aliphatic hydroxyl groups excluding tert-OH is 1. The van der Waals surface area contributed by atoms with E-state index < -0.39 is 0 Å². The van der Waals surface area contributed by atoms with Crippen LogP contribution in [0.5, 0.6) is 0 Å². The zero-order valence-electron chi connectivity index (χ0n) is 14.0. The van der Waals surface area contributed by atoms with Gasteiger partial charge >= 0.3 is 0 Å². The summed E-state index contributed by atoms with van der Waals surface area (Å²) in [5.41, 5.74) is 0. The van der Waals surface area contributed by atoms with Gasteiger partial charge in [-0.25, -0.2) is 0 Å². The number of nitrogens with one attached hydrogen (secondary N) is 1. The number of carbonyl (C=O) groups is 2. The summed E-state index contributed by atoms with van der Waals surface area (Å²) in [5.74, 6) is 0.716. The lowest BCUT2D eigenvalue weighted by molar-refractivity contribution is -0.131. The Labute approximate surface area is 138 Å². The number of rotatable bonds is 4. The van der Waals surface area contributed by atoms with Crippen molar-refractivity contribution in [1.29, 1.82) is 0 Å². The van der Waals surface area contributed by atoms with Crippen LogP contribution in [0, 0.1) is 11.8 Å². The number of nitrogens with zero attached hydrogens (tertiary/aromatic N) is 2. The summed E-state index contributed by atoms with van der Waals surface area (Å²) in [6, 6.07) is 0.554. The first-order valence-corrected chi connectivity index (χ1v) is 8.99. The Morgan fingerprint density at radius 3 is 2.35 bits per heavy atom. The second-order valence-corrected chi connectivity index (χ2v) is 7.35. The number of hydrogen-bond donors (Lipinski definition) is 2. The van der Waals surface area contributed by atoms with E-state index in [1.54, 1.807) is 6.92 Å². The Hall–Kier alpha value is -1.14. The number of carbonyl (C=O) groups excluding carboxylic acids is 2. The topological polar surface area (TPSA) is 72.9 Å². The van der Waals surface area contributed by atoms with Crippen molar-refractivity contribution in [3.8, 4) is 0 Å². The van der Waals surface area contributed by atoms with Crippen LogP contribution < -0.4 is 5.32 Å². The molecule has 3 rings (SSSR count). The van der Waals surface area contributed by atoms with Gasteiger partial charge in [0.05, 0.1) is 0 Å². The average Bonchev–Trinajstić information content (AvgIpc) is 3.40. The molecule has 6 nitrogen and oxygen atoms in total. The third-order valence-corrected chi connectivity index (χ3v) is 5.72. The largest absolute Gasteiger partial charge is 0.396 e. The summed E-state index contributed by atoms with van der Waals surface area (Å²) < 4.78 is 0. The Kier molecular flexibility index (Phi) is 5.21. The summed E-state index contributed by atoms with van der Waals surface area (Å²) >= 11 is 0. The molecule has 0 radical (unpaired) electrons. The minimum Gasteiger partial charge on any atom is -0.396 e. The van der Waals surface area contributed by atoms with Gasteiger partial charge in [0.2, 0.25) is 11.8 Å². The van der Waals surface area contributed by atoms with Crippen molar-refractivity contribution in [3.63, 3.8) is 0 Å². The normalized spacial score (nSPS) is 30.3. The quantitative estimate of drug-likeness (QED) is 0.775. The lowest BCUT2D eigenvalue weighted by atomic mass is 9.89. The van der Waals surface area contributed by atoms with Crippen molar-refractivity contribution in [2.45, 2.75) is 51.1 Å². The van der Waals surface area contributed by atoms with E-state index in [2.05, 4.69) is 10.2 Å². The van der Waals surface area contributed by atoms with Crippen LogP contribution in [0.1, 0.15) is 39.0 Å². The van der Waals surface area contributed by atoms with Crippen LogP contribution in [0.3, 0.4) is 0 Å². The van der Waals surface area contributed by atoms with E-state index in [1.807, 2.05) is 4.90 Å². The average molecular weight is 323 g/mol. The number of piperidine rings is 2. The van der Waals surface area contributed by atoms with E-state index in [9.17, 15) is 14.7 Å². The van der Waals surface area contributed by atoms with Crippen LogP contribution in [0.15, 0.2) is 0 Å². The highest BCUT2D eigenvalue weighted by molar-refractivity contribution is 5.81. The Balaban J connectivity index is 1.54. The van der Waals surface area contributed by atoms with Crippen LogP contribution in [-0.2, 0) is 9.59 Å². The van der Waals surface area contributed by atoms with Gasteiger partial charge in [-0.15, -0.1) is 0 Å². The second-order valence-electron chi connectivity index (χ2n) is 7.35.